The Kier molecular flexibility index (Phi) is 7.70. The third kappa shape index (κ3) is 6.05. The molecule has 1 atom stereocenters. The standard InChI is InChI=1S/C29H28FNO7S2/c1-39(34)15-3-14-31(40(2,35)36)25-17-26-24(16-23(25)18-4-5-18)27(29(32)33)28(38-26)19-6-10-21(11-7-19)37-22-12-8-20(30)9-13-22/h6-13,16-18H,3-5,14-15H2,1-2H3,(H,32,33). The third-order valence-electron chi connectivity index (χ3n) is 6.70. The number of aromatic carboxylic acids is 1. The van der Waals surface area contributed by atoms with Gasteiger partial charge in [0.2, 0.25) is 10.0 Å². The van der Waals surface area contributed by atoms with Crippen LogP contribution in [0.15, 0.2) is 65.1 Å². The topological polar surface area (TPSA) is 114 Å². The van der Waals surface area contributed by atoms with Gasteiger partial charge in [0.25, 0.3) is 0 Å². The monoisotopic (exact) mass is 585 g/mol. The number of carbonyl (C=O) groups is 1. The van der Waals surface area contributed by atoms with E-state index in [-0.39, 0.29) is 35.2 Å². The van der Waals surface area contributed by atoms with Crippen LogP contribution >= 0.6 is 0 Å². The van der Waals surface area contributed by atoms with Gasteiger partial charge in [0, 0.05) is 46.4 Å². The number of carboxylic acid groups (broad SMARTS) is 1. The zero-order chi connectivity index (χ0) is 28.6. The van der Waals surface area contributed by atoms with Gasteiger partial charge in [-0.1, -0.05) is 0 Å². The molecular formula is C29H28FNO7S2. The second-order valence-corrected chi connectivity index (χ2v) is 13.3. The lowest BCUT2D eigenvalue weighted by Crippen LogP contribution is -2.32. The first-order chi connectivity index (χ1) is 19.0. The maximum Gasteiger partial charge on any atom is 0.340 e. The molecule has 1 aliphatic carbocycles. The van der Waals surface area contributed by atoms with Gasteiger partial charge in [-0.05, 0) is 85.3 Å². The molecule has 11 heteroatoms. The molecule has 0 spiro atoms. The van der Waals surface area contributed by atoms with Gasteiger partial charge in [-0.25, -0.2) is 17.6 Å². The Morgan fingerprint density at radius 2 is 1.73 bits per heavy atom. The maximum absolute atomic E-state index is 13.2. The zero-order valence-electron chi connectivity index (χ0n) is 21.9. The summed E-state index contributed by atoms with van der Waals surface area (Å²) in [6.07, 6.45) is 4.86. The van der Waals surface area contributed by atoms with Crippen LogP contribution in [0, 0.1) is 5.82 Å². The number of halogens is 1. The summed E-state index contributed by atoms with van der Waals surface area (Å²) >= 11 is 0. The molecular weight excluding hydrogens is 557 g/mol. The van der Waals surface area contributed by atoms with E-state index in [2.05, 4.69) is 0 Å². The summed E-state index contributed by atoms with van der Waals surface area (Å²) in [6, 6.07) is 15.6. The summed E-state index contributed by atoms with van der Waals surface area (Å²) in [5, 5.41) is 10.5. The molecule has 0 aliphatic heterocycles. The summed E-state index contributed by atoms with van der Waals surface area (Å²) in [7, 11) is -4.74. The van der Waals surface area contributed by atoms with E-state index in [9.17, 15) is 26.9 Å². The fraction of sp³-hybridized carbons (Fsp3) is 0.276. The summed E-state index contributed by atoms with van der Waals surface area (Å²) in [5.41, 5.74) is 1.96. The van der Waals surface area contributed by atoms with Gasteiger partial charge in [-0.2, -0.15) is 0 Å². The molecule has 1 N–H and O–H groups in total. The molecule has 0 bridgehead atoms. The molecule has 1 aromatic heterocycles. The number of benzene rings is 3. The van der Waals surface area contributed by atoms with E-state index in [1.807, 2.05) is 0 Å². The fourth-order valence-electron chi connectivity index (χ4n) is 4.69. The summed E-state index contributed by atoms with van der Waals surface area (Å²) in [6.45, 7) is 0.151. The average Bonchev–Trinajstić information content (AvgIpc) is 3.67. The number of anilines is 1. The summed E-state index contributed by atoms with van der Waals surface area (Å²) in [4.78, 5) is 12.4. The SMILES string of the molecule is CS(=O)CCCN(c1cc2oc(-c3ccc(Oc4ccc(F)cc4)cc3)c(C(=O)O)c2cc1C1CC1)S(C)(=O)=O. The minimum absolute atomic E-state index is 0.0112. The lowest BCUT2D eigenvalue weighted by atomic mass is 10.0. The molecule has 8 nitrogen and oxygen atoms in total. The fourth-order valence-corrected chi connectivity index (χ4v) is 6.20. The van der Waals surface area contributed by atoms with E-state index in [1.165, 1.54) is 28.6 Å². The first-order valence-electron chi connectivity index (χ1n) is 12.7. The van der Waals surface area contributed by atoms with Crippen molar-refractivity contribution in [3.05, 3.63) is 77.6 Å². The van der Waals surface area contributed by atoms with E-state index in [0.29, 0.717) is 40.3 Å². The number of hydrogen-bond donors (Lipinski definition) is 1. The number of sulfonamides is 1. The van der Waals surface area contributed by atoms with E-state index >= 15 is 0 Å². The Hall–Kier alpha value is -3.70. The van der Waals surface area contributed by atoms with Gasteiger partial charge in [0.05, 0.1) is 11.9 Å². The molecule has 5 rings (SSSR count). The van der Waals surface area contributed by atoms with Crippen molar-refractivity contribution in [2.24, 2.45) is 0 Å². The van der Waals surface area contributed by atoms with E-state index in [4.69, 9.17) is 9.15 Å². The summed E-state index contributed by atoms with van der Waals surface area (Å²) in [5.74, 6) is -0.00150. The number of nitrogens with zero attached hydrogens (tertiary/aromatic N) is 1. The molecule has 210 valence electrons. The van der Waals surface area contributed by atoms with E-state index in [1.54, 1.807) is 42.7 Å². The second kappa shape index (κ2) is 11.1. The van der Waals surface area contributed by atoms with Gasteiger partial charge in [-0.15, -0.1) is 0 Å². The van der Waals surface area contributed by atoms with Crippen molar-refractivity contribution in [1.82, 2.24) is 0 Å². The van der Waals surface area contributed by atoms with Crippen molar-refractivity contribution >= 4 is 43.4 Å². The second-order valence-electron chi connectivity index (χ2n) is 9.84. The molecule has 4 aromatic rings. The van der Waals surface area contributed by atoms with Crippen molar-refractivity contribution in [2.45, 2.75) is 25.2 Å². The molecule has 1 aliphatic rings. The Balaban J connectivity index is 1.56. The van der Waals surface area contributed by atoms with Crippen LogP contribution in [0.2, 0.25) is 0 Å². The Morgan fingerprint density at radius 3 is 2.27 bits per heavy atom. The number of furan rings is 1. The largest absolute Gasteiger partial charge is 0.478 e. The van der Waals surface area contributed by atoms with Crippen molar-refractivity contribution in [3.63, 3.8) is 0 Å². The molecule has 1 saturated carbocycles. The Morgan fingerprint density at radius 1 is 1.10 bits per heavy atom. The highest BCUT2D eigenvalue weighted by atomic mass is 32.2. The summed E-state index contributed by atoms with van der Waals surface area (Å²) < 4.78 is 63.5. The van der Waals surface area contributed by atoms with Crippen LogP contribution in [0.5, 0.6) is 11.5 Å². The predicted molar refractivity (Wildman–Crippen MR) is 153 cm³/mol. The van der Waals surface area contributed by atoms with E-state index < -0.39 is 26.8 Å². The Bertz CT molecular complexity index is 1690. The Labute approximate surface area is 233 Å². The highest BCUT2D eigenvalue weighted by Crippen LogP contribution is 2.48. The van der Waals surface area contributed by atoms with Gasteiger partial charge in [0.1, 0.15) is 34.2 Å². The highest BCUT2D eigenvalue weighted by molar-refractivity contribution is 7.92. The molecule has 1 unspecified atom stereocenters. The van der Waals surface area contributed by atoms with Crippen molar-refractivity contribution in [3.8, 4) is 22.8 Å². The zero-order valence-corrected chi connectivity index (χ0v) is 23.6. The first-order valence-corrected chi connectivity index (χ1v) is 16.2. The lowest BCUT2D eigenvalue weighted by molar-refractivity contribution is 0.0699. The van der Waals surface area contributed by atoms with E-state index in [0.717, 1.165) is 24.7 Å². The third-order valence-corrected chi connectivity index (χ3v) is 8.74. The average molecular weight is 586 g/mol. The molecule has 0 radical (unpaired) electrons. The van der Waals surface area contributed by atoms with Crippen LogP contribution in [-0.2, 0) is 20.8 Å². The number of rotatable bonds is 11. The molecule has 1 heterocycles. The molecule has 3 aromatic carbocycles. The normalized spacial score (nSPS) is 14.3. The lowest BCUT2D eigenvalue weighted by Gasteiger charge is -2.25. The number of ether oxygens (including phenoxy) is 1. The van der Waals surface area contributed by atoms with Crippen LogP contribution in [0.1, 0.15) is 41.1 Å². The van der Waals surface area contributed by atoms with Crippen LogP contribution < -0.4 is 9.04 Å². The minimum atomic E-state index is -3.68. The molecule has 0 amide bonds. The van der Waals surface area contributed by atoms with Crippen LogP contribution in [-0.4, -0.2) is 48.5 Å². The quantitative estimate of drug-likeness (QED) is 0.225. The van der Waals surface area contributed by atoms with Crippen molar-refractivity contribution in [2.75, 3.05) is 29.1 Å². The number of fused-ring (bicyclic) bond motifs is 1. The predicted octanol–water partition coefficient (Wildman–Crippen LogP) is 6.14. The molecule has 40 heavy (non-hydrogen) atoms. The highest BCUT2D eigenvalue weighted by Gasteiger charge is 2.33. The minimum Gasteiger partial charge on any atom is -0.478 e. The smallest absolute Gasteiger partial charge is 0.340 e. The van der Waals surface area contributed by atoms with Gasteiger partial charge < -0.3 is 14.3 Å². The number of hydrogen-bond acceptors (Lipinski definition) is 6. The van der Waals surface area contributed by atoms with Gasteiger partial charge in [0.15, 0.2) is 0 Å². The van der Waals surface area contributed by atoms with Gasteiger partial charge >= 0.3 is 5.97 Å². The van der Waals surface area contributed by atoms with Crippen LogP contribution in [0.3, 0.4) is 0 Å². The molecule has 0 saturated heterocycles. The van der Waals surface area contributed by atoms with Crippen molar-refractivity contribution < 1.29 is 36.1 Å². The first kappa shape index (κ1) is 27.9. The van der Waals surface area contributed by atoms with Gasteiger partial charge in [-0.3, -0.25) is 8.51 Å². The maximum atomic E-state index is 13.2. The van der Waals surface area contributed by atoms with Crippen molar-refractivity contribution in [1.29, 1.82) is 0 Å². The van der Waals surface area contributed by atoms with Crippen LogP contribution in [0.4, 0.5) is 10.1 Å². The number of carboxylic acids is 1. The molecule has 1 fully saturated rings. The van der Waals surface area contributed by atoms with Crippen LogP contribution in [0.25, 0.3) is 22.3 Å².